The zero-order valence-electron chi connectivity index (χ0n) is 60.4. The fourth-order valence-corrected chi connectivity index (χ4v) is 8.24. The standard InChI is InChI=1S/C16H32O3.C7H16O6S.C6H15NO5S.C5H11NO4S.C5H10O2.C4H9NO2.C4H10O3S.C2H7NO3S.C2H4O3.C2H4O2S.CH5NO3S.O3S/c1-2-3-4-5-6-7-8-9-10-11-12-13-14-15-19-16(17)18;8-4-7(5-9,6-10)2-1-3-14(11,12)13;8-4-1-7(2-5-9)3-6-13(10,11)12;6-5(7)3-1-2-4-11(8,9)10;1-2-3-4-5(6)7;1-2-3(5)4(6)7;1-2-3-4-8(5,6)7;3-1-2-7(4,5)6;3-1-2(4)5;3-2(4)1-5;2-1-6(3,4)5;1-4(2)3/h2-15H2,1H3,(H,17,18);8-10H,1-6H2,(H,11,12,13);8-9H,1-6H2,(H,10,11,12);1-4H2,(H2,6,7)(H,8,9,10);2-4H2,1H3,(H,6,7);3H,2,5H2,1H3,(H,6,7);2-4H2,1H3,(H,5,6,7);1-3H2,(H,4,5,6);3H,1H2,(H,4,5);5H,1H2,(H,3,4);1-2H2,(H,3,4,5);. The Bertz CT molecular complexity index is 2880. The van der Waals surface area contributed by atoms with Crippen molar-refractivity contribution in [2.45, 2.75) is 188 Å². The first-order valence-electron chi connectivity index (χ1n) is 32.1. The molecule has 0 aromatic rings. The summed E-state index contributed by atoms with van der Waals surface area (Å²) in [6.07, 6.45) is 20.7. The molecule has 0 radical (unpaired) electrons. The predicted molar refractivity (Wildman–Crippen MR) is 392 cm³/mol. The number of carboxylic acid groups (broad SMARTS) is 5. The van der Waals surface area contributed by atoms with E-state index in [1.807, 2.05) is 13.8 Å². The van der Waals surface area contributed by atoms with Gasteiger partial charge in [-0.05, 0) is 51.4 Å². The summed E-state index contributed by atoms with van der Waals surface area (Å²) in [4.78, 5) is 59.8. The fraction of sp³-hybridized carbons (Fsp3) is 0.889. The van der Waals surface area contributed by atoms with Crippen LogP contribution in [0.3, 0.4) is 0 Å². The van der Waals surface area contributed by atoms with E-state index in [2.05, 4.69) is 30.0 Å². The van der Waals surface area contributed by atoms with Crippen LogP contribution in [0, 0.1) is 5.41 Å². The van der Waals surface area contributed by atoms with Crippen LogP contribution >= 0.6 is 12.6 Å². The molecule has 0 aliphatic heterocycles. The van der Waals surface area contributed by atoms with Gasteiger partial charge in [0.2, 0.25) is 5.91 Å². The number of rotatable bonds is 46. The van der Waals surface area contributed by atoms with Crippen molar-refractivity contribution in [1.82, 2.24) is 4.90 Å². The summed E-state index contributed by atoms with van der Waals surface area (Å²) in [7, 11) is -26.3. The lowest BCUT2D eigenvalue weighted by Gasteiger charge is -2.26. The largest absolute Gasteiger partial charge is 0.505 e. The summed E-state index contributed by atoms with van der Waals surface area (Å²) in [5.41, 5.74) is 18.0. The molecule has 0 aromatic carbocycles. The quantitative estimate of drug-likeness (QED) is 0.0158. The van der Waals surface area contributed by atoms with Crippen LogP contribution in [0.25, 0.3) is 0 Å². The number of thiol groups is 1. The zero-order chi connectivity index (χ0) is 86.1. The lowest BCUT2D eigenvalue weighted by atomic mass is 9.86. The molecule has 0 aliphatic carbocycles. The molecule has 1 atom stereocenters. The van der Waals surface area contributed by atoms with E-state index >= 15 is 0 Å². The second kappa shape index (κ2) is 86.2. The molecule has 1 amide bonds. The molecule has 1 unspecified atom stereocenters. The fourth-order valence-electron chi connectivity index (χ4n) is 5.72. The van der Waals surface area contributed by atoms with Crippen molar-refractivity contribution in [3.8, 4) is 0 Å². The van der Waals surface area contributed by atoms with Crippen molar-refractivity contribution < 1.29 is 180 Å². The molecule has 25 N–H and O–H groups in total. The number of aliphatic hydroxyl groups excluding tert-OH is 6. The third-order valence-electron chi connectivity index (χ3n) is 11.3. The smallest absolute Gasteiger partial charge is 0.481 e. The van der Waals surface area contributed by atoms with Crippen LogP contribution in [-0.2, 0) is 100 Å². The van der Waals surface area contributed by atoms with Crippen molar-refractivity contribution in [1.29, 1.82) is 0 Å². The number of hydrogen-bond donors (Lipinski definition) is 22. The van der Waals surface area contributed by atoms with Crippen LogP contribution in [0.5, 0.6) is 0 Å². The van der Waals surface area contributed by atoms with Crippen LogP contribution in [0.15, 0.2) is 0 Å². The van der Waals surface area contributed by atoms with E-state index in [1.165, 1.54) is 70.6 Å². The van der Waals surface area contributed by atoms with Gasteiger partial charge in [0, 0.05) is 44.4 Å². The number of nitrogens with two attached hydrogens (primary N) is 4. The van der Waals surface area contributed by atoms with Gasteiger partial charge in [-0.15, -0.1) is 12.6 Å². The number of carboxylic acids is 4. The van der Waals surface area contributed by atoms with Crippen LogP contribution in [0.4, 0.5) is 4.79 Å². The number of primary amides is 1. The Labute approximate surface area is 630 Å². The zero-order valence-corrected chi connectivity index (χ0v) is 67.0. The maximum atomic E-state index is 10.4. The van der Waals surface area contributed by atoms with Gasteiger partial charge in [-0.2, -0.15) is 63.1 Å². The topological polar surface area (TPSA) is 819 Å². The molecule has 0 aromatic heterocycles. The number of aliphatic carboxylic acids is 4. The van der Waals surface area contributed by atoms with Crippen molar-refractivity contribution in [3.05, 3.63) is 0 Å². The molecule has 0 fully saturated rings. The minimum Gasteiger partial charge on any atom is -0.481 e. The number of hydrogen-bond acceptors (Lipinski definition) is 33. The molecule has 0 aliphatic rings. The Morgan fingerprint density at radius 2 is 0.774 bits per heavy atom. The van der Waals surface area contributed by atoms with Gasteiger partial charge in [-0.1, -0.05) is 118 Å². The monoisotopic (exact) mass is 1720 g/mol. The van der Waals surface area contributed by atoms with Gasteiger partial charge in [0.15, 0.2) is 0 Å². The van der Waals surface area contributed by atoms with Crippen LogP contribution in [-0.4, -0.2) is 306 Å². The van der Waals surface area contributed by atoms with Gasteiger partial charge in [0.1, 0.15) is 18.5 Å². The first-order chi connectivity index (χ1) is 48.5. The highest BCUT2D eigenvalue weighted by Gasteiger charge is 2.28. The summed E-state index contributed by atoms with van der Waals surface area (Å²) < 4.78 is 198. The Kier molecular flexibility index (Phi) is 104. The van der Waals surface area contributed by atoms with Crippen molar-refractivity contribution in [3.63, 3.8) is 0 Å². The summed E-state index contributed by atoms with van der Waals surface area (Å²) in [6.45, 7) is 6.58. The third kappa shape index (κ3) is 174. The molecule has 0 saturated carbocycles. The Hall–Kier alpha value is -4.35. The molecule has 44 nitrogen and oxygen atoms in total. The summed E-state index contributed by atoms with van der Waals surface area (Å²) in [5, 5.41) is 90.8. The van der Waals surface area contributed by atoms with E-state index in [1.54, 1.807) is 11.8 Å². The van der Waals surface area contributed by atoms with Crippen LogP contribution in [0.1, 0.15) is 182 Å². The Balaban J connectivity index is -0.0000000935. The first kappa shape index (κ1) is 128. The predicted octanol–water partition coefficient (Wildman–Crippen LogP) is -0.492. The molecule has 0 spiro atoms. The molecular weight excluding hydrogens is 1600 g/mol. The maximum Gasteiger partial charge on any atom is 0.505 e. The number of unbranched alkanes of at least 4 members (excludes halogenated alkanes) is 15. The van der Waals surface area contributed by atoms with E-state index in [0.717, 1.165) is 32.1 Å². The number of amides is 1. The minimum atomic E-state index is -4.02. The summed E-state index contributed by atoms with van der Waals surface area (Å²) in [6, 6.07) is -0.681. The SMILES string of the molecule is CCC(N)C(=O)O.CCCCC(=O)O.CCCCCCCCCCCCCCCOC(=O)O.CCCCS(=O)(=O)O.NC(=O)CCCCS(=O)(=O)O.NCCS(=O)(=O)O.NCS(=O)(=O)O.O=C(O)CO.O=C(O)CS.O=S(=O)(O)CCCC(CO)(CO)CO.O=S(=O)(O)CCN(CCO)CCO.O=S(=O)=O. The Morgan fingerprint density at radius 1 is 0.453 bits per heavy atom. The van der Waals surface area contributed by atoms with Gasteiger partial charge in [-0.25, -0.2) is 9.59 Å². The average Bonchev–Trinajstić information content (AvgIpc) is 0.893. The van der Waals surface area contributed by atoms with Gasteiger partial charge in [0.25, 0.3) is 60.7 Å². The van der Waals surface area contributed by atoms with E-state index in [0.29, 0.717) is 32.3 Å². The van der Waals surface area contributed by atoms with E-state index in [9.17, 15) is 74.5 Å². The van der Waals surface area contributed by atoms with Crippen molar-refractivity contribution in [2.24, 2.45) is 28.3 Å². The lowest BCUT2D eigenvalue weighted by molar-refractivity contribution is -0.140. The van der Waals surface area contributed by atoms with Crippen LogP contribution in [0.2, 0.25) is 0 Å². The number of ether oxygens (including phenoxy) is 1. The third-order valence-corrected chi connectivity index (χ3v) is 15.8. The van der Waals surface area contributed by atoms with Crippen LogP contribution < -0.4 is 22.9 Å². The molecule has 646 valence electrons. The molecule has 0 rings (SSSR count). The molecule has 52 heteroatoms. The van der Waals surface area contributed by atoms with Crippen molar-refractivity contribution in [2.75, 3.05) is 113 Å². The van der Waals surface area contributed by atoms with E-state index in [4.69, 9.17) is 118 Å². The van der Waals surface area contributed by atoms with E-state index in [-0.39, 0.29) is 93.8 Å². The second-order valence-corrected chi connectivity index (χ2v) is 31.2. The number of nitrogens with zero attached hydrogens (tertiary/aromatic N) is 1. The number of carbonyl (C=O) groups is 6. The van der Waals surface area contributed by atoms with Gasteiger partial charge in [0.05, 0.1) is 74.2 Å². The molecule has 106 heavy (non-hydrogen) atoms. The molecule has 0 heterocycles. The highest BCUT2D eigenvalue weighted by molar-refractivity contribution is 7.87. The number of aliphatic hydroxyl groups is 6. The highest BCUT2D eigenvalue weighted by Crippen LogP contribution is 2.22. The maximum absolute atomic E-state index is 10.4. The molecule has 0 bridgehead atoms. The average molecular weight is 1720 g/mol. The number of carbonyl (C=O) groups excluding carboxylic acids is 1. The van der Waals surface area contributed by atoms with Crippen molar-refractivity contribution >= 4 is 120 Å². The molecule has 0 saturated heterocycles. The van der Waals surface area contributed by atoms with Gasteiger partial charge < -0.3 is 83.8 Å². The minimum absolute atomic E-state index is 0.0289. The highest BCUT2D eigenvalue weighted by atomic mass is 32.2. The molecular formula is C54H123N5O39S8. The first-order valence-corrected chi connectivity index (χ1v) is 43.4. The summed E-state index contributed by atoms with van der Waals surface area (Å²) >= 11 is 3.42. The second-order valence-electron chi connectivity index (χ2n) is 21.1. The Morgan fingerprint density at radius 3 is 0.972 bits per heavy atom. The normalized spacial score (nSPS) is 11.0. The van der Waals surface area contributed by atoms with E-state index < -0.39 is 157 Å². The lowest BCUT2D eigenvalue weighted by Crippen LogP contribution is -2.34. The van der Waals surface area contributed by atoms with Gasteiger partial charge in [-0.3, -0.25) is 51.4 Å². The summed E-state index contributed by atoms with van der Waals surface area (Å²) in [5.74, 6) is -6.52. The van der Waals surface area contributed by atoms with Gasteiger partial charge >= 0.3 is 40.6 Å².